The Bertz CT molecular complexity index is 1000. The highest BCUT2D eigenvalue weighted by Crippen LogP contribution is 2.22. The van der Waals surface area contributed by atoms with Gasteiger partial charge in [-0.25, -0.2) is 17.5 Å². The molecule has 1 amide bonds. The number of amides is 1. The third-order valence-corrected chi connectivity index (χ3v) is 6.08. The molecule has 2 aromatic carbocycles. The minimum Gasteiger partial charge on any atom is -0.449 e. The Morgan fingerprint density at radius 2 is 1.76 bits per heavy atom. The zero-order chi connectivity index (χ0) is 21.8. The van der Waals surface area contributed by atoms with Gasteiger partial charge >= 0.3 is 5.97 Å². The number of anilines is 1. The zero-order valence-electron chi connectivity index (χ0n) is 16.7. The quantitative estimate of drug-likeness (QED) is 0.662. The Morgan fingerprint density at radius 3 is 2.31 bits per heavy atom. The first-order chi connectivity index (χ1) is 13.6. The molecule has 2 rings (SSSR count). The van der Waals surface area contributed by atoms with Gasteiger partial charge in [0.15, 0.2) is 6.10 Å². The molecular weight excluding hydrogens is 396 g/mol. The first kappa shape index (κ1) is 22.5. The van der Waals surface area contributed by atoms with E-state index in [0.717, 1.165) is 4.31 Å². The number of aryl methyl sites for hydroxylation is 1. The van der Waals surface area contributed by atoms with Crippen LogP contribution in [0, 0.1) is 6.92 Å². The summed E-state index contributed by atoms with van der Waals surface area (Å²) in [6, 6.07) is 10.6. The van der Waals surface area contributed by atoms with E-state index in [1.165, 1.54) is 45.3 Å². The number of aliphatic hydroxyl groups is 1. The molecule has 0 aliphatic rings. The molecule has 0 fully saturated rings. The topological polar surface area (TPSA) is 113 Å². The third kappa shape index (κ3) is 5.41. The van der Waals surface area contributed by atoms with E-state index in [-0.39, 0.29) is 17.1 Å². The van der Waals surface area contributed by atoms with Crippen LogP contribution < -0.4 is 5.32 Å². The van der Waals surface area contributed by atoms with E-state index in [2.05, 4.69) is 5.32 Å². The van der Waals surface area contributed by atoms with Gasteiger partial charge in [0.1, 0.15) is 0 Å². The summed E-state index contributed by atoms with van der Waals surface area (Å²) >= 11 is 0. The van der Waals surface area contributed by atoms with Gasteiger partial charge in [0.2, 0.25) is 10.0 Å². The van der Waals surface area contributed by atoms with Gasteiger partial charge in [-0.1, -0.05) is 18.2 Å². The van der Waals surface area contributed by atoms with Gasteiger partial charge in [-0.2, -0.15) is 0 Å². The number of hydrogen-bond donors (Lipinski definition) is 2. The van der Waals surface area contributed by atoms with Crippen molar-refractivity contribution in [3.05, 3.63) is 59.2 Å². The van der Waals surface area contributed by atoms with Crippen LogP contribution in [0.5, 0.6) is 0 Å². The van der Waals surface area contributed by atoms with Crippen molar-refractivity contribution >= 4 is 27.6 Å². The number of hydrogen-bond acceptors (Lipinski definition) is 6. The van der Waals surface area contributed by atoms with E-state index < -0.39 is 28.0 Å². The molecule has 0 saturated heterocycles. The fourth-order valence-electron chi connectivity index (χ4n) is 2.37. The highest BCUT2D eigenvalue weighted by molar-refractivity contribution is 7.89. The van der Waals surface area contributed by atoms with Crippen LogP contribution in [0.4, 0.5) is 5.69 Å². The van der Waals surface area contributed by atoms with Crippen molar-refractivity contribution in [2.24, 2.45) is 0 Å². The van der Waals surface area contributed by atoms with Gasteiger partial charge in [0.25, 0.3) is 5.91 Å². The SMILES string of the molecule is Cc1ccc(S(=O)(=O)N(C)C)cc1NC(=O)[C@H](C)OC(=O)c1ccc(CO)cc1. The molecule has 0 aromatic heterocycles. The molecule has 0 aliphatic heterocycles. The summed E-state index contributed by atoms with van der Waals surface area (Å²) in [6.45, 7) is 3.00. The number of nitrogens with zero attached hydrogens (tertiary/aromatic N) is 1. The lowest BCUT2D eigenvalue weighted by molar-refractivity contribution is -0.123. The number of carbonyl (C=O) groups is 2. The van der Waals surface area contributed by atoms with E-state index in [1.54, 1.807) is 25.1 Å². The number of aliphatic hydroxyl groups excluding tert-OH is 1. The standard InChI is InChI=1S/C20H24N2O6S/c1-13-5-10-17(29(26,27)22(3)4)11-18(13)21-19(24)14(2)28-20(25)16-8-6-15(12-23)7-9-16/h5-11,14,23H,12H2,1-4H3,(H,21,24)/t14-/m0/s1. The Labute approximate surface area is 170 Å². The Morgan fingerprint density at radius 1 is 1.14 bits per heavy atom. The molecule has 1 atom stereocenters. The number of rotatable bonds is 7. The minimum absolute atomic E-state index is 0.0389. The third-order valence-electron chi connectivity index (χ3n) is 4.27. The maximum atomic E-state index is 12.4. The average Bonchev–Trinajstić information content (AvgIpc) is 2.69. The predicted molar refractivity (Wildman–Crippen MR) is 108 cm³/mol. The van der Waals surface area contributed by atoms with Crippen LogP contribution in [0.2, 0.25) is 0 Å². The number of esters is 1. The molecule has 0 spiro atoms. The second-order valence-corrected chi connectivity index (χ2v) is 8.81. The monoisotopic (exact) mass is 420 g/mol. The lowest BCUT2D eigenvalue weighted by Crippen LogP contribution is -2.30. The summed E-state index contributed by atoms with van der Waals surface area (Å²) < 4.78 is 30.8. The number of benzene rings is 2. The maximum Gasteiger partial charge on any atom is 0.338 e. The Hall–Kier alpha value is -2.75. The van der Waals surface area contributed by atoms with E-state index in [0.29, 0.717) is 16.8 Å². The molecule has 0 heterocycles. The summed E-state index contributed by atoms with van der Waals surface area (Å²) in [5.74, 6) is -1.27. The summed E-state index contributed by atoms with van der Waals surface area (Å²) in [6.07, 6.45) is -1.10. The number of nitrogens with one attached hydrogen (secondary N) is 1. The van der Waals surface area contributed by atoms with Crippen molar-refractivity contribution in [3.63, 3.8) is 0 Å². The summed E-state index contributed by atoms with van der Waals surface area (Å²) in [7, 11) is -0.817. The molecule has 8 nitrogen and oxygen atoms in total. The fourth-order valence-corrected chi connectivity index (χ4v) is 3.30. The lowest BCUT2D eigenvalue weighted by Gasteiger charge is -2.17. The molecule has 2 aromatic rings. The average molecular weight is 420 g/mol. The van der Waals surface area contributed by atoms with Gasteiger partial charge in [0.05, 0.1) is 17.1 Å². The molecule has 156 valence electrons. The minimum atomic E-state index is -3.65. The fraction of sp³-hybridized carbons (Fsp3) is 0.300. The van der Waals surface area contributed by atoms with Gasteiger partial charge < -0.3 is 15.2 Å². The van der Waals surface area contributed by atoms with Crippen LogP contribution in [0.1, 0.15) is 28.4 Å². The van der Waals surface area contributed by atoms with Gasteiger partial charge in [-0.3, -0.25) is 4.79 Å². The zero-order valence-corrected chi connectivity index (χ0v) is 17.5. The van der Waals surface area contributed by atoms with E-state index in [1.807, 2.05) is 0 Å². The smallest absolute Gasteiger partial charge is 0.338 e. The molecule has 29 heavy (non-hydrogen) atoms. The van der Waals surface area contributed by atoms with Crippen molar-refractivity contribution in [3.8, 4) is 0 Å². The van der Waals surface area contributed by atoms with E-state index >= 15 is 0 Å². The van der Waals surface area contributed by atoms with Crippen LogP contribution in [-0.4, -0.2) is 49.9 Å². The van der Waals surface area contributed by atoms with Crippen LogP contribution in [-0.2, 0) is 26.2 Å². The van der Waals surface area contributed by atoms with Crippen LogP contribution in [0.25, 0.3) is 0 Å². The Kier molecular flexibility index (Phi) is 7.12. The van der Waals surface area contributed by atoms with Gasteiger partial charge in [-0.15, -0.1) is 0 Å². The predicted octanol–water partition coefficient (Wildman–Crippen LogP) is 1.92. The highest BCUT2D eigenvalue weighted by atomic mass is 32.2. The molecule has 2 N–H and O–H groups in total. The molecule has 0 unspecified atom stereocenters. The molecule has 0 radical (unpaired) electrons. The number of carbonyl (C=O) groups excluding carboxylic acids is 2. The molecule has 9 heteroatoms. The van der Waals surface area contributed by atoms with Gasteiger partial charge in [0, 0.05) is 19.8 Å². The van der Waals surface area contributed by atoms with Gasteiger partial charge in [-0.05, 0) is 49.2 Å². The first-order valence-corrected chi connectivity index (χ1v) is 10.2. The second kappa shape index (κ2) is 9.17. The number of sulfonamides is 1. The first-order valence-electron chi connectivity index (χ1n) is 8.81. The molecule has 0 aliphatic carbocycles. The summed E-state index contributed by atoms with van der Waals surface area (Å²) in [4.78, 5) is 24.7. The molecule has 0 bridgehead atoms. The van der Waals surface area contributed by atoms with Crippen molar-refractivity contribution in [1.29, 1.82) is 0 Å². The lowest BCUT2D eigenvalue weighted by atomic mass is 10.1. The van der Waals surface area contributed by atoms with Crippen molar-refractivity contribution in [2.45, 2.75) is 31.5 Å². The van der Waals surface area contributed by atoms with Crippen molar-refractivity contribution in [1.82, 2.24) is 4.31 Å². The summed E-state index contributed by atoms with van der Waals surface area (Å²) in [5, 5.41) is 11.6. The maximum absolute atomic E-state index is 12.4. The second-order valence-electron chi connectivity index (χ2n) is 6.66. The van der Waals surface area contributed by atoms with E-state index in [9.17, 15) is 18.0 Å². The number of ether oxygens (including phenoxy) is 1. The summed E-state index contributed by atoms with van der Waals surface area (Å²) in [5.41, 5.74) is 1.87. The van der Waals surface area contributed by atoms with Crippen LogP contribution in [0.15, 0.2) is 47.4 Å². The largest absolute Gasteiger partial charge is 0.449 e. The normalized spacial score (nSPS) is 12.5. The highest BCUT2D eigenvalue weighted by Gasteiger charge is 2.22. The van der Waals surface area contributed by atoms with Crippen LogP contribution in [0.3, 0.4) is 0 Å². The Balaban J connectivity index is 2.11. The van der Waals surface area contributed by atoms with Crippen molar-refractivity contribution in [2.75, 3.05) is 19.4 Å². The molecule has 0 saturated carbocycles. The van der Waals surface area contributed by atoms with E-state index in [4.69, 9.17) is 9.84 Å². The van der Waals surface area contributed by atoms with Crippen molar-refractivity contribution < 1.29 is 27.9 Å². The van der Waals surface area contributed by atoms with Crippen LogP contribution >= 0.6 is 0 Å². The molecular formula is C20H24N2O6S.